The number of thiazole rings is 1. The van der Waals surface area contributed by atoms with Crippen molar-refractivity contribution in [2.45, 2.75) is 6.54 Å². The highest BCUT2D eigenvalue weighted by Gasteiger charge is 2.17. The van der Waals surface area contributed by atoms with E-state index in [1.54, 1.807) is 24.4 Å². The molecule has 4 nitrogen and oxygen atoms in total. The molecule has 130 valence electrons. The van der Waals surface area contributed by atoms with Gasteiger partial charge >= 0.3 is 4.87 Å². The van der Waals surface area contributed by atoms with Crippen molar-refractivity contribution in [3.05, 3.63) is 77.6 Å². The molecule has 0 spiro atoms. The number of rotatable bonds is 3. The molecule has 0 saturated heterocycles. The minimum atomic E-state index is -0.214. The molecule has 0 aliphatic carbocycles. The zero-order valence-electron chi connectivity index (χ0n) is 13.3. The van der Waals surface area contributed by atoms with E-state index in [1.807, 2.05) is 30.3 Å². The first-order valence-corrected chi connectivity index (χ1v) is 9.73. The van der Waals surface area contributed by atoms with Crippen LogP contribution in [0.3, 0.4) is 0 Å². The molecule has 0 bridgehead atoms. The summed E-state index contributed by atoms with van der Waals surface area (Å²) in [4.78, 5) is 17.0. The van der Waals surface area contributed by atoms with Crippen LogP contribution in [0.25, 0.3) is 11.6 Å². The van der Waals surface area contributed by atoms with Gasteiger partial charge in [0.1, 0.15) is 0 Å². The van der Waals surface area contributed by atoms with Crippen molar-refractivity contribution in [3.63, 3.8) is 0 Å². The van der Waals surface area contributed by atoms with Crippen molar-refractivity contribution in [1.29, 1.82) is 0 Å². The monoisotopic (exact) mass is 446 g/mol. The second-order valence-corrected chi connectivity index (χ2v) is 8.13. The standard InChI is InChI=1S/C19H12BrClN2O2S/c20-13-3-6-16-15(8-13)12(9-22-16)7-17-18(24)23(19(25)26-17)10-11-1-4-14(21)5-2-11/h1-9,24H,10H2. The first-order chi connectivity index (χ1) is 12.5. The van der Waals surface area contributed by atoms with Gasteiger partial charge in [0.25, 0.3) is 0 Å². The summed E-state index contributed by atoms with van der Waals surface area (Å²) in [6.45, 7) is 0.289. The molecule has 0 amide bonds. The Morgan fingerprint density at radius 3 is 2.77 bits per heavy atom. The first kappa shape index (κ1) is 17.3. The van der Waals surface area contributed by atoms with E-state index in [1.165, 1.54) is 4.57 Å². The predicted molar refractivity (Wildman–Crippen MR) is 111 cm³/mol. The molecular formula is C19H12BrClN2O2S. The van der Waals surface area contributed by atoms with Gasteiger partial charge in [-0.15, -0.1) is 0 Å². The molecule has 0 fully saturated rings. The number of allylic oxidation sites excluding steroid dienone is 1. The Bertz CT molecular complexity index is 1110. The summed E-state index contributed by atoms with van der Waals surface area (Å²) < 4.78 is 2.30. The molecule has 1 N–H and O–H groups in total. The van der Waals surface area contributed by atoms with Gasteiger partial charge in [-0.25, -0.2) is 0 Å². The number of hydrogen-bond acceptors (Lipinski definition) is 4. The van der Waals surface area contributed by atoms with Gasteiger partial charge in [-0.05, 0) is 42.0 Å². The van der Waals surface area contributed by atoms with E-state index in [9.17, 15) is 9.90 Å². The molecule has 26 heavy (non-hydrogen) atoms. The predicted octanol–water partition coefficient (Wildman–Crippen LogP) is 5.34. The zero-order valence-corrected chi connectivity index (χ0v) is 16.5. The smallest absolute Gasteiger partial charge is 0.310 e. The van der Waals surface area contributed by atoms with Crippen LogP contribution in [0.1, 0.15) is 16.0 Å². The van der Waals surface area contributed by atoms with Crippen LogP contribution in [0.15, 0.2) is 56.7 Å². The Hall–Kier alpha value is -2.15. The van der Waals surface area contributed by atoms with Gasteiger partial charge in [-0.2, -0.15) is 0 Å². The first-order valence-electron chi connectivity index (χ1n) is 7.74. The van der Waals surface area contributed by atoms with E-state index in [-0.39, 0.29) is 17.3 Å². The number of fused-ring (bicyclic) bond motifs is 1. The fraction of sp³-hybridized carbons (Fsp3) is 0.0526. The highest BCUT2D eigenvalue weighted by atomic mass is 79.9. The second kappa shape index (κ2) is 6.87. The van der Waals surface area contributed by atoms with Gasteiger partial charge in [0, 0.05) is 26.8 Å². The van der Waals surface area contributed by atoms with Crippen LogP contribution in [-0.4, -0.2) is 15.9 Å². The number of nitrogens with zero attached hydrogens (tertiary/aromatic N) is 2. The van der Waals surface area contributed by atoms with Crippen LogP contribution < -0.4 is 4.87 Å². The van der Waals surface area contributed by atoms with E-state index >= 15 is 0 Å². The second-order valence-electron chi connectivity index (χ2n) is 5.79. The van der Waals surface area contributed by atoms with E-state index in [0.29, 0.717) is 9.90 Å². The molecule has 0 atom stereocenters. The largest absolute Gasteiger partial charge is 0.493 e. The number of benzene rings is 2. The van der Waals surface area contributed by atoms with Crippen LogP contribution in [-0.2, 0) is 6.54 Å². The average Bonchev–Trinajstić information content (AvgIpc) is 3.13. The molecule has 1 aromatic heterocycles. The SMILES string of the molecule is O=c1sc(C=C2C=Nc3ccc(Br)cc32)c(O)n1Cc1ccc(Cl)cc1. The fourth-order valence-corrected chi connectivity index (χ4v) is 4.06. The van der Waals surface area contributed by atoms with Gasteiger partial charge in [0.15, 0.2) is 0 Å². The Morgan fingerprint density at radius 2 is 2.00 bits per heavy atom. The fourth-order valence-electron chi connectivity index (χ4n) is 2.74. The summed E-state index contributed by atoms with van der Waals surface area (Å²) in [5, 5.41) is 11.2. The highest BCUT2D eigenvalue weighted by Crippen LogP contribution is 2.36. The van der Waals surface area contributed by atoms with Crippen LogP contribution >= 0.6 is 38.9 Å². The number of aliphatic imine (C=N–C) groups is 1. The quantitative estimate of drug-likeness (QED) is 0.589. The summed E-state index contributed by atoms with van der Waals surface area (Å²) in [5.41, 5.74) is 3.58. The Morgan fingerprint density at radius 1 is 1.23 bits per heavy atom. The van der Waals surface area contributed by atoms with Gasteiger partial charge in [0.05, 0.1) is 17.1 Å². The number of aromatic nitrogens is 1. The molecule has 2 aromatic carbocycles. The van der Waals surface area contributed by atoms with Crippen molar-refractivity contribution < 1.29 is 5.11 Å². The summed E-state index contributed by atoms with van der Waals surface area (Å²) in [6.07, 6.45) is 3.53. The van der Waals surface area contributed by atoms with Gasteiger partial charge in [0.2, 0.25) is 5.88 Å². The average molecular weight is 448 g/mol. The van der Waals surface area contributed by atoms with Crippen molar-refractivity contribution in [1.82, 2.24) is 4.57 Å². The van der Waals surface area contributed by atoms with Gasteiger partial charge in [-0.1, -0.05) is 51.0 Å². The molecule has 7 heteroatoms. The molecule has 1 aliphatic heterocycles. The number of aromatic hydroxyl groups is 1. The molecule has 3 aromatic rings. The maximum absolute atomic E-state index is 12.3. The molecule has 0 radical (unpaired) electrons. The lowest BCUT2D eigenvalue weighted by molar-refractivity contribution is 0.420. The minimum absolute atomic E-state index is 0.0423. The molecule has 1 aliphatic rings. The normalized spacial score (nSPS) is 14.2. The Kier molecular flexibility index (Phi) is 4.56. The lowest BCUT2D eigenvalue weighted by atomic mass is 10.1. The van der Waals surface area contributed by atoms with E-state index in [0.717, 1.165) is 38.2 Å². The maximum Gasteiger partial charge on any atom is 0.310 e. The third kappa shape index (κ3) is 3.28. The zero-order chi connectivity index (χ0) is 18.3. The number of halogens is 2. The molecule has 2 heterocycles. The van der Waals surface area contributed by atoms with Crippen LogP contribution in [0.2, 0.25) is 5.02 Å². The Labute approximate surface area is 166 Å². The van der Waals surface area contributed by atoms with Crippen LogP contribution in [0.4, 0.5) is 5.69 Å². The van der Waals surface area contributed by atoms with Crippen molar-refractivity contribution >= 4 is 62.4 Å². The molecule has 0 saturated carbocycles. The summed E-state index contributed by atoms with van der Waals surface area (Å²) in [5.74, 6) is -0.0423. The summed E-state index contributed by atoms with van der Waals surface area (Å²) in [7, 11) is 0. The van der Waals surface area contributed by atoms with E-state index in [4.69, 9.17) is 11.6 Å². The maximum atomic E-state index is 12.3. The van der Waals surface area contributed by atoms with Gasteiger partial charge < -0.3 is 5.11 Å². The van der Waals surface area contributed by atoms with E-state index in [2.05, 4.69) is 20.9 Å². The van der Waals surface area contributed by atoms with Crippen LogP contribution in [0, 0.1) is 0 Å². The number of hydrogen-bond donors (Lipinski definition) is 1. The van der Waals surface area contributed by atoms with Crippen molar-refractivity contribution in [2.75, 3.05) is 0 Å². The molecule has 0 unspecified atom stereocenters. The lowest BCUT2D eigenvalue weighted by Crippen LogP contribution is -2.13. The van der Waals surface area contributed by atoms with Crippen LogP contribution in [0.5, 0.6) is 5.88 Å². The van der Waals surface area contributed by atoms with Gasteiger partial charge in [-0.3, -0.25) is 14.4 Å². The summed E-state index contributed by atoms with van der Waals surface area (Å²) in [6, 6.07) is 13.0. The van der Waals surface area contributed by atoms with E-state index < -0.39 is 0 Å². The topological polar surface area (TPSA) is 54.6 Å². The molecule has 4 rings (SSSR count). The summed E-state index contributed by atoms with van der Waals surface area (Å²) >= 11 is 10.4. The third-order valence-corrected chi connectivity index (χ3v) is 5.71. The lowest BCUT2D eigenvalue weighted by Gasteiger charge is -2.04. The van der Waals surface area contributed by atoms with Crippen molar-refractivity contribution in [3.8, 4) is 5.88 Å². The molecular weight excluding hydrogens is 436 g/mol. The van der Waals surface area contributed by atoms with Crippen molar-refractivity contribution in [2.24, 2.45) is 4.99 Å². The minimum Gasteiger partial charge on any atom is -0.493 e. The highest BCUT2D eigenvalue weighted by molar-refractivity contribution is 9.10. The third-order valence-electron chi connectivity index (χ3n) is 4.05. The Balaban J connectivity index is 1.70.